The maximum atomic E-state index is 11.5. The summed E-state index contributed by atoms with van der Waals surface area (Å²) in [6.45, 7) is 0. The van der Waals surface area contributed by atoms with Crippen molar-refractivity contribution in [1.29, 1.82) is 0 Å². The molecule has 2 aromatic heterocycles. The minimum Gasteiger partial charge on any atom is -0.358 e. The van der Waals surface area contributed by atoms with E-state index in [2.05, 4.69) is 9.97 Å². The number of aromatic nitrogens is 2. The summed E-state index contributed by atoms with van der Waals surface area (Å²) in [4.78, 5) is 28.4. The summed E-state index contributed by atoms with van der Waals surface area (Å²) in [5, 5.41) is 0. The minimum absolute atomic E-state index is 0.310. The lowest BCUT2D eigenvalue weighted by molar-refractivity contribution is 0.0812. The van der Waals surface area contributed by atoms with E-state index in [-0.39, 0.29) is 0 Å². The molecule has 4 heteroatoms. The summed E-state index contributed by atoms with van der Waals surface area (Å²) in [6.07, 6.45) is 3.21. The van der Waals surface area contributed by atoms with E-state index in [0.717, 1.165) is 0 Å². The van der Waals surface area contributed by atoms with E-state index >= 15 is 0 Å². The molecule has 0 aliphatic carbocycles. The highest BCUT2D eigenvalue weighted by Gasteiger charge is 2.19. The molecule has 0 aliphatic rings. The molecular formula is C10H8N2O2. The molecule has 2 heterocycles. The van der Waals surface area contributed by atoms with Crippen molar-refractivity contribution in [2.45, 2.75) is 0 Å². The third-order valence-electron chi connectivity index (χ3n) is 1.89. The van der Waals surface area contributed by atoms with Gasteiger partial charge in [-0.15, -0.1) is 0 Å². The lowest BCUT2D eigenvalue weighted by Crippen LogP contribution is -2.14. The molecule has 70 valence electrons. The summed E-state index contributed by atoms with van der Waals surface area (Å²) in [5.74, 6) is -1.06. The third-order valence-corrected chi connectivity index (χ3v) is 1.89. The van der Waals surface area contributed by atoms with Gasteiger partial charge in [-0.05, 0) is 24.3 Å². The number of Topliss-reactive ketones (excluding diaryl/α,β-unsaturated/α-hetero) is 2. The summed E-state index contributed by atoms with van der Waals surface area (Å²) in [7, 11) is 0. The van der Waals surface area contributed by atoms with Gasteiger partial charge in [0.15, 0.2) is 0 Å². The van der Waals surface area contributed by atoms with E-state index in [4.69, 9.17) is 0 Å². The number of aromatic amines is 2. The number of carbonyl (C=O) groups excluding carboxylic acids is 2. The molecule has 0 atom stereocenters. The standard InChI is InChI=1S/C10H8N2O2/c13-9(7-3-1-5-11-7)10(14)8-4-2-6-12-8/h1-6,11-12H. The second-order valence-electron chi connectivity index (χ2n) is 2.83. The number of H-pyrrole nitrogens is 2. The number of ketones is 2. The summed E-state index contributed by atoms with van der Waals surface area (Å²) < 4.78 is 0. The highest BCUT2D eigenvalue weighted by molar-refractivity contribution is 6.48. The Morgan fingerprint density at radius 2 is 1.29 bits per heavy atom. The molecule has 2 N–H and O–H groups in total. The van der Waals surface area contributed by atoms with Crippen LogP contribution in [0.15, 0.2) is 36.7 Å². The Labute approximate surface area is 80.0 Å². The van der Waals surface area contributed by atoms with Crippen molar-refractivity contribution in [3.05, 3.63) is 48.0 Å². The first kappa shape index (κ1) is 8.50. The van der Waals surface area contributed by atoms with Crippen LogP contribution < -0.4 is 0 Å². The zero-order valence-electron chi connectivity index (χ0n) is 7.28. The fourth-order valence-corrected chi connectivity index (χ4v) is 1.19. The third kappa shape index (κ3) is 1.37. The zero-order valence-corrected chi connectivity index (χ0v) is 7.28. The maximum absolute atomic E-state index is 11.5. The molecule has 0 amide bonds. The highest BCUT2D eigenvalue weighted by atomic mass is 16.2. The Balaban J connectivity index is 2.26. The molecule has 0 bridgehead atoms. The predicted octanol–water partition coefficient (Wildman–Crippen LogP) is 1.41. The monoisotopic (exact) mass is 188 g/mol. The molecule has 0 radical (unpaired) electrons. The normalized spacial score (nSPS) is 10.0. The second-order valence-corrected chi connectivity index (χ2v) is 2.83. The molecule has 2 rings (SSSR count). The van der Waals surface area contributed by atoms with Crippen LogP contribution in [0.5, 0.6) is 0 Å². The van der Waals surface area contributed by atoms with Crippen LogP contribution in [0.3, 0.4) is 0 Å². The number of nitrogens with one attached hydrogen (secondary N) is 2. The number of hydrogen-bond acceptors (Lipinski definition) is 2. The topological polar surface area (TPSA) is 65.7 Å². The minimum atomic E-state index is -0.530. The molecule has 0 unspecified atom stereocenters. The van der Waals surface area contributed by atoms with Crippen LogP contribution in [0.2, 0.25) is 0 Å². The van der Waals surface area contributed by atoms with Gasteiger partial charge in [0.2, 0.25) is 0 Å². The number of hydrogen-bond donors (Lipinski definition) is 2. The van der Waals surface area contributed by atoms with Crippen molar-refractivity contribution in [2.24, 2.45) is 0 Å². The van der Waals surface area contributed by atoms with Crippen molar-refractivity contribution in [3.63, 3.8) is 0 Å². The molecule has 0 aliphatic heterocycles. The Bertz CT molecular complexity index is 396. The van der Waals surface area contributed by atoms with Gasteiger partial charge in [0, 0.05) is 12.4 Å². The van der Waals surface area contributed by atoms with E-state index in [1.165, 1.54) is 0 Å². The Hall–Kier alpha value is -2.10. The van der Waals surface area contributed by atoms with Crippen LogP contribution in [0.25, 0.3) is 0 Å². The number of rotatable bonds is 3. The average molecular weight is 188 g/mol. The van der Waals surface area contributed by atoms with E-state index in [0.29, 0.717) is 11.4 Å². The van der Waals surface area contributed by atoms with Crippen molar-refractivity contribution in [1.82, 2.24) is 9.97 Å². The van der Waals surface area contributed by atoms with Gasteiger partial charge in [0.25, 0.3) is 11.6 Å². The van der Waals surface area contributed by atoms with Crippen LogP contribution in [0, 0.1) is 0 Å². The van der Waals surface area contributed by atoms with E-state index < -0.39 is 11.6 Å². The van der Waals surface area contributed by atoms with Gasteiger partial charge in [-0.1, -0.05) is 0 Å². The van der Waals surface area contributed by atoms with Gasteiger partial charge in [-0.2, -0.15) is 0 Å². The van der Waals surface area contributed by atoms with Gasteiger partial charge in [-0.3, -0.25) is 9.59 Å². The Morgan fingerprint density at radius 3 is 1.57 bits per heavy atom. The second kappa shape index (κ2) is 3.33. The maximum Gasteiger partial charge on any atom is 0.251 e. The van der Waals surface area contributed by atoms with E-state index in [1.807, 2.05) is 0 Å². The van der Waals surface area contributed by atoms with Crippen molar-refractivity contribution < 1.29 is 9.59 Å². The summed E-state index contributed by atoms with van der Waals surface area (Å²) in [6, 6.07) is 6.50. The molecule has 2 aromatic rings. The van der Waals surface area contributed by atoms with Gasteiger partial charge in [0.1, 0.15) is 0 Å². The SMILES string of the molecule is O=C(C(=O)c1ccc[nH]1)c1ccc[nH]1. The van der Waals surface area contributed by atoms with Crippen molar-refractivity contribution in [2.75, 3.05) is 0 Å². The predicted molar refractivity (Wildman–Crippen MR) is 50.2 cm³/mol. The molecule has 0 saturated carbocycles. The van der Waals surface area contributed by atoms with E-state index in [9.17, 15) is 9.59 Å². The van der Waals surface area contributed by atoms with Crippen LogP contribution in [0.1, 0.15) is 21.0 Å². The highest BCUT2D eigenvalue weighted by Crippen LogP contribution is 2.03. The fourth-order valence-electron chi connectivity index (χ4n) is 1.19. The average Bonchev–Trinajstić information content (AvgIpc) is 2.87. The summed E-state index contributed by atoms with van der Waals surface area (Å²) >= 11 is 0. The Kier molecular flexibility index (Phi) is 2.02. The first-order valence-electron chi connectivity index (χ1n) is 4.15. The quantitative estimate of drug-likeness (QED) is 0.565. The van der Waals surface area contributed by atoms with Crippen molar-refractivity contribution >= 4 is 11.6 Å². The first-order valence-corrected chi connectivity index (χ1v) is 4.15. The molecule has 14 heavy (non-hydrogen) atoms. The van der Waals surface area contributed by atoms with Gasteiger partial charge >= 0.3 is 0 Å². The van der Waals surface area contributed by atoms with Gasteiger partial charge in [0.05, 0.1) is 11.4 Å². The Morgan fingerprint density at radius 1 is 0.857 bits per heavy atom. The lowest BCUT2D eigenvalue weighted by atomic mass is 10.1. The number of carbonyl (C=O) groups is 2. The van der Waals surface area contributed by atoms with Crippen molar-refractivity contribution in [3.8, 4) is 0 Å². The fraction of sp³-hybridized carbons (Fsp3) is 0. The molecule has 0 aromatic carbocycles. The molecule has 0 fully saturated rings. The van der Waals surface area contributed by atoms with Crippen LogP contribution >= 0.6 is 0 Å². The molecule has 0 saturated heterocycles. The van der Waals surface area contributed by atoms with Crippen LogP contribution in [-0.2, 0) is 0 Å². The molecule has 4 nitrogen and oxygen atoms in total. The zero-order chi connectivity index (χ0) is 9.97. The lowest BCUT2D eigenvalue weighted by Gasteiger charge is -1.94. The largest absolute Gasteiger partial charge is 0.358 e. The molecular weight excluding hydrogens is 180 g/mol. The van der Waals surface area contributed by atoms with Crippen LogP contribution in [-0.4, -0.2) is 21.5 Å². The van der Waals surface area contributed by atoms with Gasteiger partial charge < -0.3 is 9.97 Å². The van der Waals surface area contributed by atoms with Crippen LogP contribution in [0.4, 0.5) is 0 Å². The van der Waals surface area contributed by atoms with E-state index in [1.54, 1.807) is 36.7 Å². The van der Waals surface area contributed by atoms with Gasteiger partial charge in [-0.25, -0.2) is 0 Å². The molecule has 0 spiro atoms. The summed E-state index contributed by atoms with van der Waals surface area (Å²) in [5.41, 5.74) is 0.620. The first-order chi connectivity index (χ1) is 6.79. The smallest absolute Gasteiger partial charge is 0.251 e.